The smallest absolute Gasteiger partial charge is 0.200 e. The highest BCUT2D eigenvalue weighted by atomic mass is 15.0. The maximum atomic E-state index is 4.56. The number of aromatic nitrogens is 2. The molecule has 0 unspecified atom stereocenters. The minimum absolute atomic E-state index is 1.03. The van der Waals surface area contributed by atoms with Crippen LogP contribution in [0.4, 0.5) is 0 Å². The Balaban J connectivity index is 2.61. The molecule has 0 aliphatic rings. The maximum absolute atomic E-state index is 4.56. The summed E-state index contributed by atoms with van der Waals surface area (Å²) in [4.78, 5) is 4.56. The standard InChI is InChI=1S/C16H17N2/c1-3-12-13-8-5-6-9-14(13)16-17-10-7-11-18(16)15(12)4-2/h5-11H,3-4H2,1-2H3/q+1. The van der Waals surface area contributed by atoms with Gasteiger partial charge < -0.3 is 0 Å². The van der Waals surface area contributed by atoms with Gasteiger partial charge >= 0.3 is 5.65 Å². The van der Waals surface area contributed by atoms with Crippen molar-refractivity contribution in [2.24, 2.45) is 0 Å². The minimum atomic E-state index is 1.03. The van der Waals surface area contributed by atoms with Crippen molar-refractivity contribution in [2.75, 3.05) is 0 Å². The van der Waals surface area contributed by atoms with Crippen LogP contribution in [0.15, 0.2) is 42.7 Å². The third-order valence-corrected chi connectivity index (χ3v) is 3.57. The second kappa shape index (κ2) is 4.37. The second-order valence-corrected chi connectivity index (χ2v) is 4.49. The summed E-state index contributed by atoms with van der Waals surface area (Å²) in [5, 5.41) is 2.59. The number of rotatable bonds is 2. The SMILES string of the molecule is CCc1c(CC)[n+]2cccnc2c2ccccc12. The lowest BCUT2D eigenvalue weighted by Crippen LogP contribution is -2.30. The molecular weight excluding hydrogens is 220 g/mol. The van der Waals surface area contributed by atoms with Crippen molar-refractivity contribution in [3.63, 3.8) is 0 Å². The summed E-state index contributed by atoms with van der Waals surface area (Å²) < 4.78 is 2.24. The first-order valence-corrected chi connectivity index (χ1v) is 6.55. The van der Waals surface area contributed by atoms with Crippen molar-refractivity contribution in [3.8, 4) is 0 Å². The summed E-state index contributed by atoms with van der Waals surface area (Å²) in [6.45, 7) is 4.44. The van der Waals surface area contributed by atoms with Gasteiger partial charge in [0, 0.05) is 18.1 Å². The number of hydrogen-bond acceptors (Lipinski definition) is 1. The number of aryl methyl sites for hydroxylation is 2. The second-order valence-electron chi connectivity index (χ2n) is 4.49. The molecule has 2 heterocycles. The molecule has 1 aromatic carbocycles. The summed E-state index contributed by atoms with van der Waals surface area (Å²) in [6, 6.07) is 10.6. The summed E-state index contributed by atoms with van der Waals surface area (Å²) in [5.41, 5.74) is 3.88. The Morgan fingerprint density at radius 3 is 2.50 bits per heavy atom. The molecule has 90 valence electrons. The van der Waals surface area contributed by atoms with Gasteiger partial charge in [-0.2, -0.15) is 4.40 Å². The fourth-order valence-electron chi connectivity index (χ4n) is 2.81. The van der Waals surface area contributed by atoms with E-state index in [1.54, 1.807) is 0 Å². The van der Waals surface area contributed by atoms with E-state index in [1.165, 1.54) is 22.0 Å². The number of fused-ring (bicyclic) bond motifs is 3. The topological polar surface area (TPSA) is 17.0 Å². The predicted octanol–water partition coefficient (Wildman–Crippen LogP) is 3.10. The van der Waals surface area contributed by atoms with Crippen LogP contribution in [0.1, 0.15) is 25.1 Å². The van der Waals surface area contributed by atoms with Gasteiger partial charge in [0.15, 0.2) is 0 Å². The van der Waals surface area contributed by atoms with Crippen LogP contribution in [0.2, 0.25) is 0 Å². The minimum Gasteiger partial charge on any atom is -0.200 e. The van der Waals surface area contributed by atoms with Gasteiger partial charge in [-0.25, -0.2) is 0 Å². The predicted molar refractivity (Wildman–Crippen MR) is 73.7 cm³/mol. The van der Waals surface area contributed by atoms with E-state index >= 15 is 0 Å². The third-order valence-electron chi connectivity index (χ3n) is 3.57. The molecule has 18 heavy (non-hydrogen) atoms. The number of nitrogens with zero attached hydrogens (tertiary/aromatic N) is 2. The molecule has 0 aliphatic carbocycles. The Bertz CT molecular complexity index is 654. The fourth-order valence-corrected chi connectivity index (χ4v) is 2.81. The Morgan fingerprint density at radius 1 is 1.00 bits per heavy atom. The Labute approximate surface area is 107 Å². The molecule has 0 spiro atoms. The Kier molecular flexibility index (Phi) is 2.71. The number of hydrogen-bond donors (Lipinski definition) is 0. The van der Waals surface area contributed by atoms with Crippen LogP contribution in [0.3, 0.4) is 0 Å². The summed E-state index contributed by atoms with van der Waals surface area (Å²) in [5.74, 6) is 0. The molecule has 2 nitrogen and oxygen atoms in total. The quantitative estimate of drug-likeness (QED) is 0.494. The van der Waals surface area contributed by atoms with Crippen LogP contribution in [0.25, 0.3) is 16.4 Å². The zero-order chi connectivity index (χ0) is 12.5. The van der Waals surface area contributed by atoms with E-state index in [9.17, 15) is 0 Å². The molecule has 0 saturated carbocycles. The van der Waals surface area contributed by atoms with Crippen molar-refractivity contribution < 1.29 is 4.40 Å². The average Bonchev–Trinajstić information content (AvgIpc) is 2.45. The van der Waals surface area contributed by atoms with Gasteiger partial charge in [0.1, 0.15) is 18.1 Å². The van der Waals surface area contributed by atoms with Crippen molar-refractivity contribution >= 4 is 16.4 Å². The summed E-state index contributed by atoms with van der Waals surface area (Å²) in [7, 11) is 0. The molecule has 0 saturated heterocycles. The van der Waals surface area contributed by atoms with Crippen molar-refractivity contribution in [1.82, 2.24) is 4.98 Å². The largest absolute Gasteiger partial charge is 0.335 e. The Hall–Kier alpha value is -1.96. The summed E-state index contributed by atoms with van der Waals surface area (Å²) in [6.07, 6.45) is 6.07. The van der Waals surface area contributed by atoms with E-state index in [0.717, 1.165) is 18.5 Å². The van der Waals surface area contributed by atoms with Crippen LogP contribution in [-0.4, -0.2) is 4.98 Å². The molecule has 0 fully saturated rings. The van der Waals surface area contributed by atoms with Gasteiger partial charge in [-0.3, -0.25) is 0 Å². The fraction of sp³-hybridized carbons (Fsp3) is 0.250. The first-order chi connectivity index (χ1) is 8.86. The van der Waals surface area contributed by atoms with Gasteiger partial charge in [-0.1, -0.05) is 32.0 Å². The van der Waals surface area contributed by atoms with E-state index in [-0.39, 0.29) is 0 Å². The lowest BCUT2D eigenvalue weighted by molar-refractivity contribution is -0.523. The lowest BCUT2D eigenvalue weighted by Gasteiger charge is -2.10. The van der Waals surface area contributed by atoms with Gasteiger partial charge in [0.25, 0.3) is 0 Å². The highest BCUT2D eigenvalue weighted by molar-refractivity contribution is 5.94. The first-order valence-electron chi connectivity index (χ1n) is 6.55. The first kappa shape index (κ1) is 11.1. The van der Waals surface area contributed by atoms with Crippen molar-refractivity contribution in [3.05, 3.63) is 54.0 Å². The van der Waals surface area contributed by atoms with Gasteiger partial charge in [-0.15, -0.1) is 0 Å². The van der Waals surface area contributed by atoms with E-state index < -0.39 is 0 Å². The monoisotopic (exact) mass is 237 g/mol. The molecule has 3 rings (SSSR count). The lowest BCUT2D eigenvalue weighted by atomic mass is 10.00. The molecule has 0 aliphatic heterocycles. The molecule has 0 atom stereocenters. The number of benzene rings is 1. The molecule has 0 bridgehead atoms. The van der Waals surface area contributed by atoms with Gasteiger partial charge in [0.2, 0.25) is 0 Å². The number of pyridine rings is 1. The van der Waals surface area contributed by atoms with E-state index in [2.05, 4.69) is 53.7 Å². The molecule has 0 radical (unpaired) electrons. The average molecular weight is 237 g/mol. The van der Waals surface area contributed by atoms with Crippen molar-refractivity contribution in [1.29, 1.82) is 0 Å². The highest BCUT2D eigenvalue weighted by Crippen LogP contribution is 2.23. The summed E-state index contributed by atoms with van der Waals surface area (Å²) >= 11 is 0. The van der Waals surface area contributed by atoms with E-state index in [1.807, 2.05) is 12.3 Å². The molecule has 3 aromatic rings. The molecular formula is C16H17N2+. The van der Waals surface area contributed by atoms with Crippen LogP contribution in [-0.2, 0) is 12.8 Å². The van der Waals surface area contributed by atoms with E-state index in [4.69, 9.17) is 0 Å². The molecule has 0 amide bonds. The van der Waals surface area contributed by atoms with Gasteiger partial charge in [0.05, 0.1) is 5.39 Å². The highest BCUT2D eigenvalue weighted by Gasteiger charge is 2.17. The molecule has 2 heteroatoms. The van der Waals surface area contributed by atoms with Crippen LogP contribution < -0.4 is 4.40 Å². The molecule has 0 N–H and O–H groups in total. The third kappa shape index (κ3) is 1.49. The van der Waals surface area contributed by atoms with Gasteiger partial charge in [-0.05, 0) is 22.9 Å². The van der Waals surface area contributed by atoms with E-state index in [0.29, 0.717) is 0 Å². The van der Waals surface area contributed by atoms with Crippen LogP contribution >= 0.6 is 0 Å². The van der Waals surface area contributed by atoms with Crippen LogP contribution in [0.5, 0.6) is 0 Å². The zero-order valence-corrected chi connectivity index (χ0v) is 10.9. The van der Waals surface area contributed by atoms with Crippen LogP contribution in [0, 0.1) is 0 Å². The van der Waals surface area contributed by atoms with Crippen molar-refractivity contribution in [2.45, 2.75) is 26.7 Å². The maximum Gasteiger partial charge on any atom is 0.335 e. The molecule has 2 aromatic heterocycles. The Morgan fingerprint density at radius 2 is 1.78 bits per heavy atom. The zero-order valence-electron chi connectivity index (χ0n) is 10.9. The normalized spacial score (nSPS) is 11.2.